The highest BCUT2D eigenvalue weighted by atomic mass is 32.1. The highest BCUT2D eigenvalue weighted by Gasteiger charge is 2.01. The molecule has 20 heavy (non-hydrogen) atoms. The number of nitrogens with one attached hydrogen (secondary N) is 2. The summed E-state index contributed by atoms with van der Waals surface area (Å²) in [5.41, 5.74) is 3.08. The van der Waals surface area contributed by atoms with Crippen LogP contribution in [-0.2, 0) is 0 Å². The smallest absolute Gasteiger partial charge is 0.207 e. The largest absolute Gasteiger partial charge is 0.355 e. The normalized spacial score (nSPS) is 10.2. The van der Waals surface area contributed by atoms with Crippen molar-refractivity contribution in [2.45, 2.75) is 6.92 Å². The van der Waals surface area contributed by atoms with Gasteiger partial charge in [-0.25, -0.2) is 4.98 Å². The fraction of sp³-hybridized carbons (Fsp3) is 0.0667. The van der Waals surface area contributed by atoms with Crippen LogP contribution in [0.4, 0.5) is 22.2 Å². The SMILES string of the molecule is Cc1nsc(Nc2cccc(Nc3ccccc3)c2)n1. The van der Waals surface area contributed by atoms with E-state index < -0.39 is 0 Å². The Labute approximate surface area is 121 Å². The molecular weight excluding hydrogens is 268 g/mol. The Hall–Kier alpha value is -2.40. The predicted octanol–water partition coefficient (Wildman–Crippen LogP) is 4.33. The number of anilines is 4. The van der Waals surface area contributed by atoms with Gasteiger partial charge in [-0.3, -0.25) is 0 Å². The highest BCUT2D eigenvalue weighted by Crippen LogP contribution is 2.23. The van der Waals surface area contributed by atoms with Gasteiger partial charge in [0.15, 0.2) is 0 Å². The van der Waals surface area contributed by atoms with Gasteiger partial charge in [0.1, 0.15) is 5.82 Å². The molecule has 1 heterocycles. The minimum absolute atomic E-state index is 0.788. The van der Waals surface area contributed by atoms with E-state index in [1.807, 2.05) is 61.5 Å². The predicted molar refractivity (Wildman–Crippen MR) is 84.1 cm³/mol. The molecule has 0 aliphatic carbocycles. The monoisotopic (exact) mass is 282 g/mol. The highest BCUT2D eigenvalue weighted by molar-refractivity contribution is 7.09. The number of aromatic nitrogens is 2. The average molecular weight is 282 g/mol. The van der Waals surface area contributed by atoms with Gasteiger partial charge in [-0.05, 0) is 37.3 Å². The first-order valence-corrected chi connectivity index (χ1v) is 7.06. The van der Waals surface area contributed by atoms with Gasteiger partial charge >= 0.3 is 0 Å². The Morgan fingerprint density at radius 3 is 2.25 bits per heavy atom. The Kier molecular flexibility index (Phi) is 3.60. The van der Waals surface area contributed by atoms with Crippen molar-refractivity contribution in [1.82, 2.24) is 9.36 Å². The molecule has 100 valence electrons. The summed E-state index contributed by atoms with van der Waals surface area (Å²) in [7, 11) is 0. The Balaban J connectivity index is 1.76. The summed E-state index contributed by atoms with van der Waals surface area (Å²) < 4.78 is 4.16. The fourth-order valence-electron chi connectivity index (χ4n) is 1.83. The molecule has 0 fully saturated rings. The van der Waals surface area contributed by atoms with Crippen LogP contribution in [0.25, 0.3) is 0 Å². The van der Waals surface area contributed by atoms with Crippen LogP contribution >= 0.6 is 11.5 Å². The Bertz CT molecular complexity index is 694. The maximum Gasteiger partial charge on any atom is 0.207 e. The van der Waals surface area contributed by atoms with E-state index in [0.29, 0.717) is 0 Å². The van der Waals surface area contributed by atoms with Crippen LogP contribution in [-0.4, -0.2) is 9.36 Å². The number of hydrogen-bond acceptors (Lipinski definition) is 5. The van der Waals surface area contributed by atoms with Gasteiger partial charge in [-0.15, -0.1) is 0 Å². The molecule has 3 aromatic rings. The molecule has 2 N–H and O–H groups in total. The van der Waals surface area contributed by atoms with Crippen molar-refractivity contribution >= 4 is 33.7 Å². The molecule has 0 radical (unpaired) electrons. The summed E-state index contributed by atoms with van der Waals surface area (Å²) in [5, 5.41) is 7.42. The van der Waals surface area contributed by atoms with E-state index in [0.717, 1.165) is 28.0 Å². The van der Waals surface area contributed by atoms with Gasteiger partial charge < -0.3 is 10.6 Å². The second-order valence-electron chi connectivity index (χ2n) is 4.34. The van der Waals surface area contributed by atoms with Crippen molar-refractivity contribution in [2.75, 3.05) is 10.6 Å². The standard InChI is InChI=1S/C15H14N4S/c1-11-16-15(20-19-11)18-14-9-5-8-13(10-14)17-12-6-3-2-4-7-12/h2-10,17H,1H3,(H,16,18,19). The number of rotatable bonds is 4. The van der Waals surface area contributed by atoms with Crippen LogP contribution in [0.5, 0.6) is 0 Å². The summed E-state index contributed by atoms with van der Waals surface area (Å²) in [5.74, 6) is 0.788. The van der Waals surface area contributed by atoms with Crippen LogP contribution in [0.15, 0.2) is 54.6 Å². The molecule has 0 atom stereocenters. The maximum absolute atomic E-state index is 4.30. The number of aryl methyl sites for hydroxylation is 1. The van der Waals surface area contributed by atoms with Crippen molar-refractivity contribution in [3.05, 3.63) is 60.4 Å². The molecule has 0 bridgehead atoms. The van der Waals surface area contributed by atoms with E-state index >= 15 is 0 Å². The first-order valence-electron chi connectivity index (χ1n) is 6.29. The molecule has 3 rings (SSSR count). The third-order valence-electron chi connectivity index (χ3n) is 2.70. The molecule has 0 saturated carbocycles. The lowest BCUT2D eigenvalue weighted by atomic mass is 10.2. The molecule has 0 amide bonds. The average Bonchev–Trinajstić information content (AvgIpc) is 2.86. The van der Waals surface area contributed by atoms with Gasteiger partial charge in [0.25, 0.3) is 0 Å². The number of hydrogen-bond donors (Lipinski definition) is 2. The van der Waals surface area contributed by atoms with Crippen LogP contribution in [0.3, 0.4) is 0 Å². The summed E-state index contributed by atoms with van der Waals surface area (Å²) in [4.78, 5) is 4.30. The van der Waals surface area contributed by atoms with Crippen molar-refractivity contribution in [1.29, 1.82) is 0 Å². The lowest BCUT2D eigenvalue weighted by Crippen LogP contribution is -1.93. The molecule has 5 heteroatoms. The minimum Gasteiger partial charge on any atom is -0.355 e. The van der Waals surface area contributed by atoms with E-state index in [-0.39, 0.29) is 0 Å². The van der Waals surface area contributed by atoms with Crippen LogP contribution in [0.2, 0.25) is 0 Å². The molecule has 2 aromatic carbocycles. The van der Waals surface area contributed by atoms with E-state index in [9.17, 15) is 0 Å². The molecule has 0 unspecified atom stereocenters. The number of nitrogens with zero attached hydrogens (tertiary/aromatic N) is 2. The molecule has 0 spiro atoms. The molecule has 0 saturated heterocycles. The molecule has 1 aromatic heterocycles. The van der Waals surface area contributed by atoms with E-state index in [1.54, 1.807) is 0 Å². The van der Waals surface area contributed by atoms with E-state index in [2.05, 4.69) is 20.0 Å². The van der Waals surface area contributed by atoms with E-state index in [1.165, 1.54) is 11.5 Å². The third-order valence-corrected chi connectivity index (χ3v) is 3.43. The second kappa shape index (κ2) is 5.71. The lowest BCUT2D eigenvalue weighted by molar-refractivity contribution is 1.17. The van der Waals surface area contributed by atoms with Crippen LogP contribution in [0, 0.1) is 6.92 Å². The summed E-state index contributed by atoms with van der Waals surface area (Å²) in [6.45, 7) is 1.88. The lowest BCUT2D eigenvalue weighted by Gasteiger charge is -2.08. The van der Waals surface area contributed by atoms with Gasteiger partial charge in [-0.2, -0.15) is 4.37 Å². The number of para-hydroxylation sites is 1. The zero-order valence-electron chi connectivity index (χ0n) is 11.0. The molecule has 0 aliphatic heterocycles. The van der Waals surface area contributed by atoms with Gasteiger partial charge in [0.2, 0.25) is 5.13 Å². The molecule has 0 aliphatic rings. The third kappa shape index (κ3) is 3.13. The summed E-state index contributed by atoms with van der Waals surface area (Å²) in [6.07, 6.45) is 0. The second-order valence-corrected chi connectivity index (χ2v) is 5.10. The van der Waals surface area contributed by atoms with Gasteiger partial charge in [-0.1, -0.05) is 24.3 Å². The topological polar surface area (TPSA) is 49.8 Å². The summed E-state index contributed by atoms with van der Waals surface area (Å²) in [6, 6.07) is 18.2. The van der Waals surface area contributed by atoms with Crippen molar-refractivity contribution in [2.24, 2.45) is 0 Å². The maximum atomic E-state index is 4.30. The first-order chi connectivity index (χ1) is 9.79. The van der Waals surface area contributed by atoms with Gasteiger partial charge in [0, 0.05) is 28.6 Å². The van der Waals surface area contributed by atoms with Gasteiger partial charge in [0.05, 0.1) is 0 Å². The fourth-order valence-corrected chi connectivity index (χ4v) is 2.43. The first kappa shape index (κ1) is 12.6. The summed E-state index contributed by atoms with van der Waals surface area (Å²) >= 11 is 1.36. The van der Waals surface area contributed by atoms with Crippen molar-refractivity contribution in [3.8, 4) is 0 Å². The van der Waals surface area contributed by atoms with Crippen LogP contribution < -0.4 is 10.6 Å². The zero-order valence-corrected chi connectivity index (χ0v) is 11.8. The quantitative estimate of drug-likeness (QED) is 0.747. The molecule has 4 nitrogen and oxygen atoms in total. The van der Waals surface area contributed by atoms with Crippen molar-refractivity contribution in [3.63, 3.8) is 0 Å². The zero-order chi connectivity index (χ0) is 13.8. The Morgan fingerprint density at radius 1 is 0.850 bits per heavy atom. The van der Waals surface area contributed by atoms with E-state index in [4.69, 9.17) is 0 Å². The molecular formula is C15H14N4S. The minimum atomic E-state index is 0.788. The number of benzene rings is 2. The van der Waals surface area contributed by atoms with Crippen molar-refractivity contribution < 1.29 is 0 Å². The Morgan fingerprint density at radius 2 is 1.55 bits per heavy atom. The van der Waals surface area contributed by atoms with Crippen LogP contribution in [0.1, 0.15) is 5.82 Å².